The molecule has 2 atom stereocenters. The summed E-state index contributed by atoms with van der Waals surface area (Å²) in [7, 11) is 0. The molecule has 3 aliphatic heterocycles. The minimum atomic E-state index is -1.33. The van der Waals surface area contributed by atoms with Crippen molar-refractivity contribution >= 4 is 28.6 Å². The van der Waals surface area contributed by atoms with Gasteiger partial charge in [-0.1, -0.05) is 72.8 Å². The molecule has 34 heavy (non-hydrogen) atoms. The molecular formula is C28H21N3O2S. The van der Waals surface area contributed by atoms with Gasteiger partial charge in [0.05, 0.1) is 34.4 Å². The molecule has 3 aliphatic rings. The van der Waals surface area contributed by atoms with Gasteiger partial charge in [0.1, 0.15) is 5.75 Å². The number of rotatable bonds is 3. The molecule has 7 rings (SSSR count). The Morgan fingerprint density at radius 2 is 1.74 bits per heavy atom. The lowest BCUT2D eigenvalue weighted by atomic mass is 9.93. The van der Waals surface area contributed by atoms with Crippen molar-refractivity contribution in [2.75, 3.05) is 4.90 Å². The zero-order valence-corrected chi connectivity index (χ0v) is 19.1. The van der Waals surface area contributed by atoms with Crippen LogP contribution in [0.3, 0.4) is 0 Å². The third-order valence-corrected chi connectivity index (χ3v) is 7.77. The number of anilines is 1. The van der Waals surface area contributed by atoms with Crippen LogP contribution in [0.1, 0.15) is 34.0 Å². The summed E-state index contributed by atoms with van der Waals surface area (Å²) in [6.07, 6.45) is 0.733. The monoisotopic (exact) mass is 463 g/mol. The Balaban J connectivity index is 1.42. The number of carbonyl (C=O) groups excluding carboxylic acids is 1. The molecule has 0 aliphatic carbocycles. The first-order valence-corrected chi connectivity index (χ1v) is 12.3. The molecule has 0 saturated heterocycles. The molecule has 0 N–H and O–H groups in total. The molecule has 0 saturated carbocycles. The third kappa shape index (κ3) is 2.66. The molecule has 5 nitrogen and oxygen atoms in total. The van der Waals surface area contributed by atoms with Crippen molar-refractivity contribution < 1.29 is 9.53 Å². The summed E-state index contributed by atoms with van der Waals surface area (Å²) in [5, 5.41) is 9.05. The highest BCUT2D eigenvalue weighted by Gasteiger charge is 2.63. The minimum Gasteiger partial charge on any atom is -0.453 e. The second-order valence-corrected chi connectivity index (χ2v) is 9.71. The summed E-state index contributed by atoms with van der Waals surface area (Å²) < 4.78 is 6.70. The van der Waals surface area contributed by atoms with E-state index in [1.165, 1.54) is 0 Å². The van der Waals surface area contributed by atoms with Crippen LogP contribution < -0.4 is 9.64 Å². The topological polar surface area (TPSA) is 45.1 Å². The average molecular weight is 464 g/mol. The van der Waals surface area contributed by atoms with E-state index < -0.39 is 5.72 Å². The Kier molecular flexibility index (Phi) is 4.20. The second kappa shape index (κ2) is 7.30. The first-order chi connectivity index (χ1) is 16.8. The van der Waals surface area contributed by atoms with Gasteiger partial charge in [-0.25, -0.2) is 5.01 Å². The lowest BCUT2D eigenvalue weighted by Crippen LogP contribution is -2.57. The molecule has 1 aromatic heterocycles. The molecule has 0 bridgehead atoms. The number of benzene rings is 3. The van der Waals surface area contributed by atoms with E-state index in [1.54, 1.807) is 11.3 Å². The van der Waals surface area contributed by atoms with Crippen molar-refractivity contribution in [1.82, 2.24) is 5.01 Å². The maximum absolute atomic E-state index is 14.4. The number of carbonyl (C=O) groups is 1. The lowest BCUT2D eigenvalue weighted by Gasteiger charge is -2.44. The Labute approximate surface area is 201 Å². The zero-order valence-electron chi connectivity index (χ0n) is 18.3. The van der Waals surface area contributed by atoms with E-state index >= 15 is 0 Å². The van der Waals surface area contributed by atoms with Crippen LogP contribution in [0.4, 0.5) is 5.69 Å². The number of thiophene rings is 1. The maximum Gasteiger partial charge on any atom is 0.306 e. The van der Waals surface area contributed by atoms with E-state index in [4.69, 9.17) is 9.84 Å². The molecule has 4 aromatic rings. The lowest BCUT2D eigenvalue weighted by molar-refractivity contribution is -0.164. The van der Waals surface area contributed by atoms with Crippen LogP contribution in [0.5, 0.6) is 5.75 Å². The number of nitrogens with zero attached hydrogens (tertiary/aromatic N) is 3. The summed E-state index contributed by atoms with van der Waals surface area (Å²) in [5.41, 5.74) is 3.51. The molecule has 4 heterocycles. The molecule has 0 unspecified atom stereocenters. The van der Waals surface area contributed by atoms with Crippen LogP contribution in [-0.2, 0) is 17.1 Å². The van der Waals surface area contributed by atoms with E-state index in [2.05, 4.69) is 17.5 Å². The first-order valence-electron chi connectivity index (χ1n) is 11.4. The average Bonchev–Trinajstić information content (AvgIpc) is 3.61. The van der Waals surface area contributed by atoms with Gasteiger partial charge in [0.15, 0.2) is 0 Å². The second-order valence-electron chi connectivity index (χ2n) is 8.77. The van der Waals surface area contributed by atoms with Gasteiger partial charge in [-0.05, 0) is 29.1 Å². The SMILES string of the molecule is O=C1N(Cc2ccccc2)c2ccccc2[C@]12Oc1ccccc1[C@H]1CC(c3cccs3)=NN12. The van der Waals surface area contributed by atoms with Crippen molar-refractivity contribution in [2.45, 2.75) is 24.7 Å². The van der Waals surface area contributed by atoms with Crippen LogP contribution in [0.25, 0.3) is 0 Å². The van der Waals surface area contributed by atoms with Crippen LogP contribution in [0.15, 0.2) is 101 Å². The van der Waals surface area contributed by atoms with Gasteiger partial charge in [0, 0.05) is 12.0 Å². The number of hydrogen-bond donors (Lipinski definition) is 0. The first kappa shape index (κ1) is 19.6. The van der Waals surface area contributed by atoms with E-state index in [1.807, 2.05) is 88.8 Å². The standard InChI is InChI=1S/C28H21N3O2S/c32-27-28(21-12-5-6-13-23(21)30(27)18-19-9-2-1-3-10-19)31-24(20-11-4-7-14-25(20)33-28)17-22(29-31)26-15-8-16-34-26/h1-16,24H,17-18H2/t24-,28+/m1/s1. The van der Waals surface area contributed by atoms with Crippen molar-refractivity contribution in [3.05, 3.63) is 118 Å². The number of para-hydroxylation sites is 2. The van der Waals surface area contributed by atoms with E-state index in [0.717, 1.165) is 45.1 Å². The quantitative estimate of drug-likeness (QED) is 0.392. The number of amides is 1. The van der Waals surface area contributed by atoms with Crippen LogP contribution in [0.2, 0.25) is 0 Å². The van der Waals surface area contributed by atoms with Crippen molar-refractivity contribution in [3.63, 3.8) is 0 Å². The van der Waals surface area contributed by atoms with Gasteiger partial charge in [-0.3, -0.25) is 4.79 Å². The highest BCUT2D eigenvalue weighted by atomic mass is 32.1. The number of hydrogen-bond acceptors (Lipinski definition) is 5. The summed E-state index contributed by atoms with van der Waals surface area (Å²) in [6.45, 7) is 0.476. The molecule has 166 valence electrons. The molecule has 0 radical (unpaired) electrons. The van der Waals surface area contributed by atoms with Crippen molar-refractivity contribution in [1.29, 1.82) is 0 Å². The van der Waals surface area contributed by atoms with Crippen molar-refractivity contribution in [3.8, 4) is 5.75 Å². The summed E-state index contributed by atoms with van der Waals surface area (Å²) in [5.74, 6) is 0.643. The molecule has 1 spiro atoms. The van der Waals surface area contributed by atoms with E-state index in [0.29, 0.717) is 6.54 Å². The Morgan fingerprint density at radius 3 is 2.59 bits per heavy atom. The molecular weight excluding hydrogens is 442 g/mol. The summed E-state index contributed by atoms with van der Waals surface area (Å²) in [4.78, 5) is 17.4. The van der Waals surface area contributed by atoms with Gasteiger partial charge >= 0.3 is 5.72 Å². The molecule has 1 amide bonds. The van der Waals surface area contributed by atoms with Crippen LogP contribution in [-0.4, -0.2) is 16.6 Å². The fourth-order valence-electron chi connectivity index (χ4n) is 5.34. The maximum atomic E-state index is 14.4. The van der Waals surface area contributed by atoms with Gasteiger partial charge in [-0.2, -0.15) is 5.10 Å². The fraction of sp³-hybridized carbons (Fsp3) is 0.143. The van der Waals surface area contributed by atoms with Crippen LogP contribution >= 0.6 is 11.3 Å². The molecule has 0 fully saturated rings. The van der Waals surface area contributed by atoms with Gasteiger partial charge < -0.3 is 9.64 Å². The predicted molar refractivity (Wildman–Crippen MR) is 133 cm³/mol. The predicted octanol–water partition coefficient (Wildman–Crippen LogP) is 5.69. The minimum absolute atomic E-state index is 0.0734. The normalized spacial score (nSPS) is 22.3. The number of fused-ring (bicyclic) bond motifs is 6. The van der Waals surface area contributed by atoms with Gasteiger partial charge in [-0.15, -0.1) is 11.3 Å². The fourth-order valence-corrected chi connectivity index (χ4v) is 6.06. The Bertz CT molecular complexity index is 1430. The Morgan fingerprint density at radius 1 is 0.941 bits per heavy atom. The van der Waals surface area contributed by atoms with Crippen LogP contribution in [0, 0.1) is 0 Å². The number of ether oxygens (including phenoxy) is 1. The van der Waals surface area contributed by atoms with Crippen molar-refractivity contribution in [2.24, 2.45) is 5.10 Å². The molecule has 6 heteroatoms. The third-order valence-electron chi connectivity index (χ3n) is 6.85. The molecule has 3 aromatic carbocycles. The van der Waals surface area contributed by atoms with Gasteiger partial charge in [0.2, 0.25) is 0 Å². The van der Waals surface area contributed by atoms with E-state index in [-0.39, 0.29) is 11.9 Å². The highest BCUT2D eigenvalue weighted by Crippen LogP contribution is 2.55. The van der Waals surface area contributed by atoms with Gasteiger partial charge in [0.25, 0.3) is 5.91 Å². The Hall–Kier alpha value is -3.90. The number of hydrazone groups is 1. The summed E-state index contributed by atoms with van der Waals surface area (Å²) >= 11 is 1.67. The van der Waals surface area contributed by atoms with E-state index in [9.17, 15) is 4.79 Å². The summed E-state index contributed by atoms with van der Waals surface area (Å²) in [6, 6.07) is 30.1. The zero-order chi connectivity index (χ0) is 22.7. The highest BCUT2D eigenvalue weighted by molar-refractivity contribution is 7.12. The smallest absolute Gasteiger partial charge is 0.306 e. The largest absolute Gasteiger partial charge is 0.453 e.